The van der Waals surface area contributed by atoms with Crippen LogP contribution >= 0.6 is 0 Å². The zero-order valence-corrected chi connectivity index (χ0v) is 17.8. The second-order valence-corrected chi connectivity index (χ2v) is 9.09. The third-order valence-electron chi connectivity index (χ3n) is 5.25. The SMILES string of the molecule is Cc1ccc(S(=O)(=O)Nc2nc(-c3[nH]c4ccccc4c3C=O)nc3ccccc23)cc1. The highest BCUT2D eigenvalue weighted by Gasteiger charge is 2.20. The van der Waals surface area contributed by atoms with Crippen molar-refractivity contribution >= 4 is 43.9 Å². The first kappa shape index (κ1) is 19.9. The van der Waals surface area contributed by atoms with Gasteiger partial charge in [-0.05, 0) is 37.3 Å². The van der Waals surface area contributed by atoms with Gasteiger partial charge in [0.1, 0.15) is 0 Å². The highest BCUT2D eigenvalue weighted by molar-refractivity contribution is 7.92. The largest absolute Gasteiger partial charge is 0.351 e. The number of hydrogen-bond acceptors (Lipinski definition) is 5. The van der Waals surface area contributed by atoms with E-state index in [2.05, 4.69) is 19.7 Å². The molecule has 0 bridgehead atoms. The number of aldehydes is 1. The highest BCUT2D eigenvalue weighted by atomic mass is 32.2. The van der Waals surface area contributed by atoms with Crippen LogP contribution < -0.4 is 4.72 Å². The average molecular weight is 443 g/mol. The molecule has 0 spiro atoms. The van der Waals surface area contributed by atoms with Crippen LogP contribution in [0.1, 0.15) is 15.9 Å². The summed E-state index contributed by atoms with van der Waals surface area (Å²) < 4.78 is 28.7. The molecule has 0 aliphatic rings. The molecule has 5 rings (SSSR count). The number of H-pyrrole nitrogens is 1. The van der Waals surface area contributed by atoms with Crippen molar-refractivity contribution in [3.63, 3.8) is 0 Å². The smallest absolute Gasteiger partial charge is 0.263 e. The van der Waals surface area contributed by atoms with Crippen molar-refractivity contribution in [1.82, 2.24) is 15.0 Å². The molecule has 0 unspecified atom stereocenters. The Bertz CT molecular complexity index is 1590. The average Bonchev–Trinajstić information content (AvgIpc) is 3.18. The van der Waals surface area contributed by atoms with Crippen molar-refractivity contribution in [3.8, 4) is 11.5 Å². The number of aromatic nitrogens is 3. The Hall–Kier alpha value is -4.04. The molecular formula is C24H18N4O3S. The molecule has 0 aliphatic carbocycles. The van der Waals surface area contributed by atoms with Crippen LogP contribution in [0.25, 0.3) is 33.3 Å². The van der Waals surface area contributed by atoms with Gasteiger partial charge in [0.15, 0.2) is 17.9 Å². The third-order valence-corrected chi connectivity index (χ3v) is 6.61. The maximum Gasteiger partial charge on any atom is 0.263 e. The molecule has 0 aliphatic heterocycles. The summed E-state index contributed by atoms with van der Waals surface area (Å²) in [6.07, 6.45) is 0.753. The van der Waals surface area contributed by atoms with E-state index >= 15 is 0 Å². The first-order valence-corrected chi connectivity index (χ1v) is 11.4. The van der Waals surface area contributed by atoms with Crippen molar-refractivity contribution in [2.75, 3.05) is 4.72 Å². The second kappa shape index (κ2) is 7.58. The number of aromatic amines is 1. The molecular weight excluding hydrogens is 424 g/mol. The zero-order chi connectivity index (χ0) is 22.3. The van der Waals surface area contributed by atoms with E-state index in [0.717, 1.165) is 22.8 Å². The van der Waals surface area contributed by atoms with Crippen LogP contribution in [0.3, 0.4) is 0 Å². The van der Waals surface area contributed by atoms with Crippen LogP contribution in [-0.4, -0.2) is 29.7 Å². The van der Waals surface area contributed by atoms with E-state index < -0.39 is 10.0 Å². The van der Waals surface area contributed by atoms with E-state index in [1.807, 2.05) is 37.3 Å². The van der Waals surface area contributed by atoms with Gasteiger partial charge in [0.2, 0.25) is 0 Å². The number of benzene rings is 3. The molecule has 158 valence electrons. The highest BCUT2D eigenvalue weighted by Crippen LogP contribution is 2.31. The summed E-state index contributed by atoms with van der Waals surface area (Å²) in [6.45, 7) is 1.89. The zero-order valence-electron chi connectivity index (χ0n) is 17.0. The van der Waals surface area contributed by atoms with Crippen molar-refractivity contribution in [1.29, 1.82) is 0 Å². The Morgan fingerprint density at radius 2 is 1.56 bits per heavy atom. The van der Waals surface area contributed by atoms with Gasteiger partial charge in [0.25, 0.3) is 10.0 Å². The molecule has 8 heteroatoms. The lowest BCUT2D eigenvalue weighted by Crippen LogP contribution is -2.15. The van der Waals surface area contributed by atoms with E-state index in [-0.39, 0.29) is 16.5 Å². The van der Waals surface area contributed by atoms with Crippen LogP contribution in [-0.2, 0) is 10.0 Å². The number of anilines is 1. The van der Waals surface area contributed by atoms with Crippen LogP contribution in [0.5, 0.6) is 0 Å². The van der Waals surface area contributed by atoms with E-state index in [1.165, 1.54) is 0 Å². The number of hydrogen-bond donors (Lipinski definition) is 2. The summed E-state index contributed by atoms with van der Waals surface area (Å²) >= 11 is 0. The minimum Gasteiger partial charge on any atom is -0.351 e. The number of carbonyl (C=O) groups is 1. The van der Waals surface area contributed by atoms with E-state index in [0.29, 0.717) is 22.2 Å². The fraction of sp³-hybridized carbons (Fsp3) is 0.0417. The summed E-state index contributed by atoms with van der Waals surface area (Å²) in [4.78, 5) is 24.3. The molecule has 0 atom stereocenters. The maximum absolute atomic E-state index is 13.0. The number of aryl methyl sites for hydroxylation is 1. The summed E-state index contributed by atoms with van der Waals surface area (Å²) in [6, 6.07) is 21.1. The molecule has 2 N–H and O–H groups in total. The molecule has 5 aromatic rings. The van der Waals surface area contributed by atoms with Gasteiger partial charge >= 0.3 is 0 Å². The Labute approximate surface area is 184 Å². The molecule has 0 saturated carbocycles. The molecule has 2 heterocycles. The first-order chi connectivity index (χ1) is 15.5. The van der Waals surface area contributed by atoms with Crippen molar-refractivity contribution in [2.24, 2.45) is 0 Å². The molecule has 32 heavy (non-hydrogen) atoms. The number of nitrogens with zero attached hydrogens (tertiary/aromatic N) is 2. The normalized spacial score (nSPS) is 11.7. The van der Waals surface area contributed by atoms with Crippen molar-refractivity contribution < 1.29 is 13.2 Å². The standard InChI is InChI=1S/C24H18N4O3S/c1-15-10-12-16(13-11-15)32(30,31)28-23-18-7-3-5-9-21(18)26-24(27-23)22-19(14-29)17-6-2-4-8-20(17)25-22/h2-14,25H,1H3,(H,26,27,28). The number of carbonyl (C=O) groups excluding carboxylic acids is 1. The number of para-hydroxylation sites is 2. The van der Waals surface area contributed by atoms with Crippen LogP contribution in [0.15, 0.2) is 77.7 Å². The lowest BCUT2D eigenvalue weighted by Gasteiger charge is -2.11. The molecule has 0 amide bonds. The van der Waals surface area contributed by atoms with Gasteiger partial charge in [-0.25, -0.2) is 18.4 Å². The Morgan fingerprint density at radius 1 is 0.875 bits per heavy atom. The minimum atomic E-state index is -3.88. The number of nitrogens with one attached hydrogen (secondary N) is 2. The maximum atomic E-state index is 13.0. The quantitative estimate of drug-likeness (QED) is 0.384. The van der Waals surface area contributed by atoms with Gasteiger partial charge in [-0.3, -0.25) is 9.52 Å². The fourth-order valence-corrected chi connectivity index (χ4v) is 4.65. The second-order valence-electron chi connectivity index (χ2n) is 7.41. The number of rotatable bonds is 5. The Morgan fingerprint density at radius 3 is 2.31 bits per heavy atom. The van der Waals surface area contributed by atoms with Gasteiger partial charge in [-0.2, -0.15) is 0 Å². The van der Waals surface area contributed by atoms with Gasteiger partial charge in [-0.1, -0.05) is 48.0 Å². The monoisotopic (exact) mass is 442 g/mol. The predicted molar refractivity (Wildman–Crippen MR) is 124 cm³/mol. The minimum absolute atomic E-state index is 0.131. The van der Waals surface area contributed by atoms with Crippen LogP contribution in [0.4, 0.5) is 5.82 Å². The first-order valence-electron chi connectivity index (χ1n) is 9.89. The van der Waals surface area contributed by atoms with Gasteiger partial charge in [0, 0.05) is 16.3 Å². The number of sulfonamides is 1. The predicted octanol–water partition coefficient (Wildman–Crippen LogP) is 4.70. The summed E-state index contributed by atoms with van der Waals surface area (Å²) in [5.74, 6) is 0.366. The molecule has 7 nitrogen and oxygen atoms in total. The van der Waals surface area contributed by atoms with Crippen LogP contribution in [0.2, 0.25) is 0 Å². The summed E-state index contributed by atoms with van der Waals surface area (Å²) in [7, 11) is -3.88. The lowest BCUT2D eigenvalue weighted by molar-refractivity contribution is 0.112. The molecule has 3 aromatic carbocycles. The van der Waals surface area contributed by atoms with E-state index in [9.17, 15) is 13.2 Å². The molecule has 0 radical (unpaired) electrons. The van der Waals surface area contributed by atoms with Gasteiger partial charge in [0.05, 0.1) is 21.7 Å². The van der Waals surface area contributed by atoms with Crippen molar-refractivity contribution in [3.05, 3.63) is 83.9 Å². The molecule has 0 saturated heterocycles. The molecule has 2 aromatic heterocycles. The molecule has 0 fully saturated rings. The Balaban J connectivity index is 1.69. The third kappa shape index (κ3) is 3.40. The number of fused-ring (bicyclic) bond motifs is 2. The van der Waals surface area contributed by atoms with Gasteiger partial charge in [-0.15, -0.1) is 0 Å². The lowest BCUT2D eigenvalue weighted by atomic mass is 10.1. The Kier molecular flexibility index (Phi) is 4.71. The topological polar surface area (TPSA) is 105 Å². The summed E-state index contributed by atoms with van der Waals surface area (Å²) in [5, 5.41) is 1.30. The van der Waals surface area contributed by atoms with Crippen LogP contribution in [0, 0.1) is 6.92 Å². The van der Waals surface area contributed by atoms with E-state index in [1.54, 1.807) is 42.5 Å². The summed E-state index contributed by atoms with van der Waals surface area (Å²) in [5.41, 5.74) is 3.13. The van der Waals surface area contributed by atoms with Crippen molar-refractivity contribution in [2.45, 2.75) is 11.8 Å². The van der Waals surface area contributed by atoms with Gasteiger partial charge < -0.3 is 4.98 Å². The fourth-order valence-electron chi connectivity index (χ4n) is 3.63. The van der Waals surface area contributed by atoms with E-state index in [4.69, 9.17) is 0 Å².